The number of rotatable bonds is 8. The molecule has 1 aromatic rings. The summed E-state index contributed by atoms with van der Waals surface area (Å²) in [6.07, 6.45) is 10.3. The lowest BCUT2D eigenvalue weighted by Gasteiger charge is -2.10. The third-order valence-corrected chi connectivity index (χ3v) is 3.37. The Morgan fingerprint density at radius 1 is 1.11 bits per heavy atom. The van der Waals surface area contributed by atoms with Gasteiger partial charge in [0.1, 0.15) is 0 Å². The van der Waals surface area contributed by atoms with Crippen LogP contribution in [0.1, 0.15) is 67.9 Å². The van der Waals surface area contributed by atoms with Crippen molar-refractivity contribution in [1.82, 2.24) is 0 Å². The lowest BCUT2D eigenvalue weighted by atomic mass is 9.95. The maximum atomic E-state index is 12.1. The zero-order valence-electron chi connectivity index (χ0n) is 12.5. The van der Waals surface area contributed by atoms with E-state index in [4.69, 9.17) is 0 Å². The molecule has 1 heteroatoms. The van der Waals surface area contributed by atoms with Crippen LogP contribution < -0.4 is 0 Å². The molecule has 1 nitrogen and oxygen atoms in total. The Bertz CT molecular complexity index is 429. The summed E-state index contributed by atoms with van der Waals surface area (Å²) in [5.41, 5.74) is 3.47. The first-order valence-electron chi connectivity index (χ1n) is 7.51. The van der Waals surface area contributed by atoms with E-state index in [1.807, 2.05) is 19.1 Å². The Kier molecular flexibility index (Phi) is 7.17. The zero-order chi connectivity index (χ0) is 14.1. The topological polar surface area (TPSA) is 17.1 Å². The molecule has 0 aromatic heterocycles. The quantitative estimate of drug-likeness (QED) is 0.466. The highest BCUT2D eigenvalue weighted by Crippen LogP contribution is 2.18. The summed E-state index contributed by atoms with van der Waals surface area (Å²) < 4.78 is 0. The number of hydrogen-bond donors (Lipinski definition) is 0. The van der Waals surface area contributed by atoms with Crippen molar-refractivity contribution in [3.8, 4) is 0 Å². The summed E-state index contributed by atoms with van der Waals surface area (Å²) in [5.74, 6) is 0.135. The maximum absolute atomic E-state index is 12.1. The molecule has 0 amide bonds. The van der Waals surface area contributed by atoms with Gasteiger partial charge in [-0.25, -0.2) is 0 Å². The number of ketones is 1. The Labute approximate surface area is 117 Å². The molecule has 0 N–H and O–H groups in total. The van der Waals surface area contributed by atoms with Crippen LogP contribution in [0, 0.1) is 0 Å². The van der Waals surface area contributed by atoms with Gasteiger partial charge >= 0.3 is 0 Å². The van der Waals surface area contributed by atoms with E-state index in [0.29, 0.717) is 0 Å². The van der Waals surface area contributed by atoms with Crippen LogP contribution in [0.2, 0.25) is 0 Å². The van der Waals surface area contributed by atoms with Gasteiger partial charge in [-0.05, 0) is 49.8 Å². The van der Waals surface area contributed by atoms with Gasteiger partial charge in [0.05, 0.1) is 0 Å². The molecule has 0 aliphatic heterocycles. The second-order valence-electron chi connectivity index (χ2n) is 5.06. The van der Waals surface area contributed by atoms with Gasteiger partial charge in [0.2, 0.25) is 0 Å². The minimum absolute atomic E-state index is 0.135. The minimum atomic E-state index is 0.135. The van der Waals surface area contributed by atoms with Crippen LogP contribution in [0.5, 0.6) is 0 Å². The first-order chi connectivity index (χ1) is 9.22. The molecule has 0 spiro atoms. The van der Waals surface area contributed by atoms with Gasteiger partial charge < -0.3 is 0 Å². The average molecular weight is 258 g/mol. The van der Waals surface area contributed by atoms with Gasteiger partial charge in [0.25, 0.3) is 0 Å². The molecular formula is C18H26O. The fourth-order valence-electron chi connectivity index (χ4n) is 2.24. The highest BCUT2D eigenvalue weighted by Gasteiger charge is 2.09. The summed E-state index contributed by atoms with van der Waals surface area (Å²) in [4.78, 5) is 12.1. The van der Waals surface area contributed by atoms with Crippen LogP contribution >= 0.6 is 0 Å². The smallest absolute Gasteiger partial charge is 0.185 e. The highest BCUT2D eigenvalue weighted by atomic mass is 16.1. The van der Waals surface area contributed by atoms with E-state index in [1.54, 1.807) is 6.08 Å². The van der Waals surface area contributed by atoms with E-state index < -0.39 is 0 Å². The number of carbonyl (C=O) groups excluding carboxylic acids is 1. The van der Waals surface area contributed by atoms with Crippen molar-refractivity contribution < 1.29 is 4.79 Å². The summed E-state index contributed by atoms with van der Waals surface area (Å²) >= 11 is 0. The number of hydrogen-bond acceptors (Lipinski definition) is 1. The molecule has 0 unspecified atom stereocenters. The second-order valence-corrected chi connectivity index (χ2v) is 5.06. The molecule has 0 radical (unpaired) electrons. The first kappa shape index (κ1) is 15.7. The standard InChI is InChI=1S/C18H26O/c1-4-7-10-15-12-13-17(18(19)9-6-3)16(14-15)11-8-5-2/h6,9,12-14H,4-5,7-8,10-11H2,1-3H3/b9-6+. The molecule has 104 valence electrons. The van der Waals surface area contributed by atoms with Crippen molar-refractivity contribution >= 4 is 5.78 Å². The molecule has 0 aliphatic rings. The lowest BCUT2D eigenvalue weighted by Crippen LogP contribution is -2.02. The molecule has 0 aliphatic carbocycles. The summed E-state index contributed by atoms with van der Waals surface area (Å²) in [7, 11) is 0. The van der Waals surface area contributed by atoms with Crippen LogP contribution in [0.3, 0.4) is 0 Å². The Morgan fingerprint density at radius 3 is 2.42 bits per heavy atom. The molecule has 0 atom stereocenters. The molecule has 0 fully saturated rings. The minimum Gasteiger partial charge on any atom is -0.289 e. The number of carbonyl (C=O) groups is 1. The van der Waals surface area contributed by atoms with Crippen LogP contribution in [-0.2, 0) is 12.8 Å². The van der Waals surface area contributed by atoms with Gasteiger partial charge in [-0.15, -0.1) is 0 Å². The molecule has 0 heterocycles. The van der Waals surface area contributed by atoms with E-state index in [1.165, 1.54) is 24.0 Å². The van der Waals surface area contributed by atoms with Crippen LogP contribution in [0.4, 0.5) is 0 Å². The lowest BCUT2D eigenvalue weighted by molar-refractivity contribution is 0.104. The second kappa shape index (κ2) is 8.68. The summed E-state index contributed by atoms with van der Waals surface area (Å²) in [6.45, 7) is 6.29. The molecule has 0 bridgehead atoms. The number of benzene rings is 1. The van der Waals surface area contributed by atoms with E-state index in [9.17, 15) is 4.79 Å². The molecule has 1 aromatic carbocycles. The predicted molar refractivity (Wildman–Crippen MR) is 82.8 cm³/mol. The van der Waals surface area contributed by atoms with E-state index in [2.05, 4.69) is 26.0 Å². The molecule has 1 rings (SSSR count). The fraction of sp³-hybridized carbons (Fsp3) is 0.500. The number of aryl methyl sites for hydroxylation is 2. The fourth-order valence-corrected chi connectivity index (χ4v) is 2.24. The SMILES string of the molecule is C/C=C/C(=O)c1ccc(CCCC)cc1CCCC. The van der Waals surface area contributed by atoms with Gasteiger partial charge in [-0.1, -0.05) is 51.0 Å². The van der Waals surface area contributed by atoms with Crippen molar-refractivity contribution in [2.24, 2.45) is 0 Å². The molecular weight excluding hydrogens is 232 g/mol. The molecule has 0 saturated heterocycles. The van der Waals surface area contributed by atoms with Crippen molar-refractivity contribution in [3.63, 3.8) is 0 Å². The predicted octanol–water partition coefficient (Wildman–Crippen LogP) is 5.13. The average Bonchev–Trinajstić information content (AvgIpc) is 2.43. The zero-order valence-corrected chi connectivity index (χ0v) is 12.5. The van der Waals surface area contributed by atoms with Crippen molar-refractivity contribution in [3.05, 3.63) is 47.0 Å². The third kappa shape index (κ3) is 5.02. The van der Waals surface area contributed by atoms with Gasteiger partial charge in [0, 0.05) is 5.56 Å². The third-order valence-electron chi connectivity index (χ3n) is 3.37. The van der Waals surface area contributed by atoms with Crippen LogP contribution in [-0.4, -0.2) is 5.78 Å². The van der Waals surface area contributed by atoms with Gasteiger partial charge in [-0.2, -0.15) is 0 Å². The Morgan fingerprint density at radius 2 is 1.79 bits per heavy atom. The van der Waals surface area contributed by atoms with Crippen molar-refractivity contribution in [1.29, 1.82) is 0 Å². The highest BCUT2D eigenvalue weighted by molar-refractivity contribution is 6.05. The first-order valence-corrected chi connectivity index (χ1v) is 7.51. The molecule has 19 heavy (non-hydrogen) atoms. The largest absolute Gasteiger partial charge is 0.289 e. The van der Waals surface area contributed by atoms with Crippen LogP contribution in [0.25, 0.3) is 0 Å². The van der Waals surface area contributed by atoms with E-state index in [0.717, 1.165) is 31.2 Å². The van der Waals surface area contributed by atoms with Gasteiger partial charge in [-0.3, -0.25) is 4.79 Å². The molecule has 0 saturated carbocycles. The van der Waals surface area contributed by atoms with E-state index in [-0.39, 0.29) is 5.78 Å². The maximum Gasteiger partial charge on any atom is 0.185 e. The normalized spacial score (nSPS) is 11.1. The van der Waals surface area contributed by atoms with Gasteiger partial charge in [0.15, 0.2) is 5.78 Å². The number of allylic oxidation sites excluding steroid dienone is 2. The monoisotopic (exact) mass is 258 g/mol. The Hall–Kier alpha value is -1.37. The summed E-state index contributed by atoms with van der Waals surface area (Å²) in [6, 6.07) is 6.36. The van der Waals surface area contributed by atoms with Crippen molar-refractivity contribution in [2.75, 3.05) is 0 Å². The summed E-state index contributed by atoms with van der Waals surface area (Å²) in [5, 5.41) is 0. The number of unbranched alkanes of at least 4 members (excludes halogenated alkanes) is 2. The van der Waals surface area contributed by atoms with E-state index >= 15 is 0 Å². The Balaban J connectivity index is 2.98. The van der Waals surface area contributed by atoms with Crippen LogP contribution in [0.15, 0.2) is 30.4 Å². The van der Waals surface area contributed by atoms with Crippen molar-refractivity contribution in [2.45, 2.75) is 59.3 Å².